The molecule has 0 unspecified atom stereocenters. The normalized spacial score (nSPS) is 13.8. The molecule has 7 nitrogen and oxygen atoms in total. The van der Waals surface area contributed by atoms with Gasteiger partial charge in [0.2, 0.25) is 5.91 Å². The third-order valence-electron chi connectivity index (χ3n) is 4.60. The maximum Gasteiger partial charge on any atom is 0.287 e. The lowest BCUT2D eigenvalue weighted by Crippen LogP contribution is -2.32. The van der Waals surface area contributed by atoms with Gasteiger partial charge in [-0.1, -0.05) is 6.42 Å². The van der Waals surface area contributed by atoms with Gasteiger partial charge in [-0.25, -0.2) is 4.98 Å². The Hall–Kier alpha value is -2.61. The van der Waals surface area contributed by atoms with Crippen LogP contribution in [0.25, 0.3) is 11.0 Å². The monoisotopic (exact) mass is 430 g/mol. The number of fused-ring (bicyclic) bond motifs is 3. The number of halogens is 1. The average Bonchev–Trinajstić information content (AvgIpc) is 3.15. The van der Waals surface area contributed by atoms with Crippen molar-refractivity contribution in [2.75, 3.05) is 11.9 Å². The molecule has 3 heterocycles. The predicted molar refractivity (Wildman–Crippen MR) is 105 cm³/mol. The van der Waals surface area contributed by atoms with Crippen LogP contribution in [0.2, 0.25) is 0 Å². The van der Waals surface area contributed by atoms with Crippen LogP contribution in [0, 0.1) is 0 Å². The average molecular weight is 431 g/mol. The lowest BCUT2D eigenvalue weighted by atomic mass is 10.2. The van der Waals surface area contributed by atoms with Gasteiger partial charge in [0.05, 0.1) is 17.6 Å². The molecule has 0 aliphatic carbocycles. The highest BCUT2D eigenvalue weighted by Crippen LogP contribution is 2.24. The number of amides is 2. The van der Waals surface area contributed by atoms with Gasteiger partial charge in [0, 0.05) is 18.7 Å². The summed E-state index contributed by atoms with van der Waals surface area (Å²) >= 11 is 3.14. The van der Waals surface area contributed by atoms with E-state index in [2.05, 4.69) is 31.1 Å². The van der Waals surface area contributed by atoms with E-state index in [9.17, 15) is 9.59 Å². The van der Waals surface area contributed by atoms with Gasteiger partial charge in [-0.2, -0.15) is 0 Å². The minimum Gasteiger partial charge on any atom is -0.444 e. The van der Waals surface area contributed by atoms with Gasteiger partial charge in [0.1, 0.15) is 5.82 Å². The molecule has 0 spiro atoms. The summed E-state index contributed by atoms with van der Waals surface area (Å²) in [5.74, 6) is 0.511. The zero-order valence-electron chi connectivity index (χ0n) is 14.6. The van der Waals surface area contributed by atoms with E-state index in [-0.39, 0.29) is 18.2 Å². The molecule has 1 aliphatic heterocycles. The van der Waals surface area contributed by atoms with Crippen LogP contribution in [-0.4, -0.2) is 27.9 Å². The van der Waals surface area contributed by atoms with E-state index in [0.717, 1.165) is 29.8 Å². The summed E-state index contributed by atoms with van der Waals surface area (Å²) in [6.07, 6.45) is 4.56. The first-order valence-corrected chi connectivity index (χ1v) is 9.72. The van der Waals surface area contributed by atoms with E-state index in [0.29, 0.717) is 10.4 Å². The Labute approximate surface area is 164 Å². The molecule has 0 saturated carbocycles. The maximum absolute atomic E-state index is 12.1. The number of aryl methyl sites for hydroxylation is 2. The number of rotatable bonds is 4. The highest BCUT2D eigenvalue weighted by Gasteiger charge is 2.15. The van der Waals surface area contributed by atoms with Crippen LogP contribution in [0.1, 0.15) is 35.6 Å². The molecule has 0 bridgehead atoms. The van der Waals surface area contributed by atoms with Crippen molar-refractivity contribution in [3.05, 3.63) is 46.6 Å². The summed E-state index contributed by atoms with van der Waals surface area (Å²) in [6, 6.07) is 8.89. The van der Waals surface area contributed by atoms with Gasteiger partial charge in [-0.3, -0.25) is 9.59 Å². The predicted octanol–water partition coefficient (Wildman–Crippen LogP) is 3.49. The number of hydrogen-bond acceptors (Lipinski definition) is 4. The molecule has 4 rings (SSSR count). The number of hydrogen-bond donors (Lipinski definition) is 2. The van der Waals surface area contributed by atoms with E-state index in [1.54, 1.807) is 6.07 Å². The number of nitrogens with zero attached hydrogens (tertiary/aromatic N) is 2. The number of benzene rings is 1. The van der Waals surface area contributed by atoms with E-state index in [1.807, 2.05) is 18.2 Å². The summed E-state index contributed by atoms with van der Waals surface area (Å²) in [5, 5.41) is 5.33. The van der Waals surface area contributed by atoms with E-state index >= 15 is 0 Å². The van der Waals surface area contributed by atoms with Crippen molar-refractivity contribution in [1.29, 1.82) is 0 Å². The first-order valence-electron chi connectivity index (χ1n) is 8.93. The zero-order chi connectivity index (χ0) is 18.8. The molecule has 3 aromatic rings. The molecule has 8 heteroatoms. The number of nitrogens with one attached hydrogen (secondary N) is 2. The standard InChI is InChI=1S/C19H19BrN4O3/c20-16-8-7-15(27-16)19(26)21-11-18(25)22-12-5-6-14-13(10-12)23-17-4-2-1-3-9-24(14)17/h5-8,10H,1-4,9,11H2,(H,21,26)(H,22,25). The molecule has 0 saturated heterocycles. The lowest BCUT2D eigenvalue weighted by molar-refractivity contribution is -0.115. The summed E-state index contributed by atoms with van der Waals surface area (Å²) < 4.78 is 7.89. The van der Waals surface area contributed by atoms with E-state index < -0.39 is 5.91 Å². The van der Waals surface area contributed by atoms with Crippen LogP contribution in [-0.2, 0) is 17.8 Å². The van der Waals surface area contributed by atoms with Crippen molar-refractivity contribution >= 4 is 44.5 Å². The Bertz CT molecular complexity index is 1010. The molecule has 1 aliphatic rings. The highest BCUT2D eigenvalue weighted by atomic mass is 79.9. The van der Waals surface area contributed by atoms with Gasteiger partial charge in [0.25, 0.3) is 5.91 Å². The van der Waals surface area contributed by atoms with Crippen molar-refractivity contribution < 1.29 is 14.0 Å². The Morgan fingerprint density at radius 1 is 1.19 bits per heavy atom. The van der Waals surface area contributed by atoms with Gasteiger partial charge in [-0.05, 0) is 59.1 Å². The number of furan rings is 1. The van der Waals surface area contributed by atoms with Gasteiger partial charge < -0.3 is 19.6 Å². The molecule has 2 N–H and O–H groups in total. The van der Waals surface area contributed by atoms with Crippen LogP contribution in [0.15, 0.2) is 39.4 Å². The minimum absolute atomic E-state index is 0.144. The molecule has 2 aromatic heterocycles. The van der Waals surface area contributed by atoms with Crippen LogP contribution in [0.4, 0.5) is 5.69 Å². The van der Waals surface area contributed by atoms with Crippen molar-refractivity contribution in [2.45, 2.75) is 32.2 Å². The first kappa shape index (κ1) is 17.8. The molecule has 1 aromatic carbocycles. The quantitative estimate of drug-likeness (QED) is 0.662. The molecular weight excluding hydrogens is 412 g/mol. The Morgan fingerprint density at radius 2 is 2.07 bits per heavy atom. The molecule has 0 radical (unpaired) electrons. The molecule has 0 fully saturated rings. The smallest absolute Gasteiger partial charge is 0.287 e. The third-order valence-corrected chi connectivity index (χ3v) is 5.03. The second-order valence-corrected chi connectivity index (χ2v) is 7.31. The number of imidazole rings is 1. The second kappa shape index (κ2) is 7.56. The van der Waals surface area contributed by atoms with Crippen LogP contribution < -0.4 is 10.6 Å². The second-order valence-electron chi connectivity index (χ2n) is 6.53. The number of aromatic nitrogens is 2. The molecule has 27 heavy (non-hydrogen) atoms. The molecular formula is C19H19BrN4O3. The van der Waals surface area contributed by atoms with Crippen LogP contribution in [0.3, 0.4) is 0 Å². The number of carbonyl (C=O) groups is 2. The number of anilines is 1. The van der Waals surface area contributed by atoms with E-state index in [1.165, 1.54) is 25.3 Å². The van der Waals surface area contributed by atoms with Crippen LogP contribution in [0.5, 0.6) is 0 Å². The van der Waals surface area contributed by atoms with Crippen molar-refractivity contribution in [3.8, 4) is 0 Å². The lowest BCUT2D eigenvalue weighted by Gasteiger charge is -2.07. The Kier molecular flexibility index (Phi) is 4.98. The number of carbonyl (C=O) groups excluding carboxylic acids is 2. The molecule has 0 atom stereocenters. The SMILES string of the molecule is O=C(CNC(=O)c1ccc(Br)o1)Nc1ccc2c(c1)nc1n2CCCCC1. The van der Waals surface area contributed by atoms with Crippen LogP contribution >= 0.6 is 15.9 Å². The third kappa shape index (κ3) is 3.90. The summed E-state index contributed by atoms with van der Waals surface area (Å²) in [6.45, 7) is 0.849. The van der Waals surface area contributed by atoms with Gasteiger partial charge >= 0.3 is 0 Å². The Morgan fingerprint density at radius 3 is 2.89 bits per heavy atom. The van der Waals surface area contributed by atoms with Gasteiger partial charge in [-0.15, -0.1) is 0 Å². The summed E-state index contributed by atoms with van der Waals surface area (Å²) in [5.41, 5.74) is 2.64. The largest absolute Gasteiger partial charge is 0.444 e. The summed E-state index contributed by atoms with van der Waals surface area (Å²) in [7, 11) is 0. The maximum atomic E-state index is 12.1. The van der Waals surface area contributed by atoms with Gasteiger partial charge in [0.15, 0.2) is 10.4 Å². The van der Waals surface area contributed by atoms with Crippen molar-refractivity contribution in [2.24, 2.45) is 0 Å². The topological polar surface area (TPSA) is 89.2 Å². The van der Waals surface area contributed by atoms with E-state index in [4.69, 9.17) is 9.40 Å². The zero-order valence-corrected chi connectivity index (χ0v) is 16.2. The molecule has 2 amide bonds. The first-order chi connectivity index (χ1) is 13.1. The Balaban J connectivity index is 1.40. The minimum atomic E-state index is -0.441. The van der Waals surface area contributed by atoms with Crippen molar-refractivity contribution in [3.63, 3.8) is 0 Å². The fraction of sp³-hybridized carbons (Fsp3) is 0.316. The fourth-order valence-electron chi connectivity index (χ4n) is 3.32. The fourth-order valence-corrected chi connectivity index (χ4v) is 3.62. The van der Waals surface area contributed by atoms with Crippen molar-refractivity contribution in [1.82, 2.24) is 14.9 Å². The summed E-state index contributed by atoms with van der Waals surface area (Å²) in [4.78, 5) is 28.8. The highest BCUT2D eigenvalue weighted by molar-refractivity contribution is 9.10. The molecule has 140 valence electrons.